The molecule has 1 N–H and O–H groups in total. The van der Waals surface area contributed by atoms with Gasteiger partial charge in [-0.2, -0.15) is 0 Å². The summed E-state index contributed by atoms with van der Waals surface area (Å²) in [5.41, 5.74) is 1.51. The summed E-state index contributed by atoms with van der Waals surface area (Å²) in [6.07, 6.45) is 0. The van der Waals surface area contributed by atoms with Crippen LogP contribution in [0.3, 0.4) is 0 Å². The predicted molar refractivity (Wildman–Crippen MR) is 131 cm³/mol. The summed E-state index contributed by atoms with van der Waals surface area (Å²) in [5.74, 6) is -0.418. The molecular formula is C28H27O2Sn. The standard InChI is InChI=1S/C10H12O2.3C6H5.Sn/c1-7(2)8-3-5-9(6-4-8)10(11)12;3*1-2-4-6-5-3-1;/h3-7H,1-2H3,(H,11,12);3*1-5H;. The van der Waals surface area contributed by atoms with Gasteiger partial charge in [0.2, 0.25) is 0 Å². The Balaban J connectivity index is 0.000000196. The van der Waals surface area contributed by atoms with Crippen LogP contribution in [0.1, 0.15) is 35.7 Å². The van der Waals surface area contributed by atoms with Crippen LogP contribution in [-0.2, 0) is 0 Å². The van der Waals surface area contributed by atoms with Gasteiger partial charge in [-0.15, -0.1) is 0 Å². The van der Waals surface area contributed by atoms with E-state index in [-0.39, 0.29) is 0 Å². The van der Waals surface area contributed by atoms with Crippen LogP contribution in [0.25, 0.3) is 0 Å². The van der Waals surface area contributed by atoms with Gasteiger partial charge in [0, 0.05) is 0 Å². The number of hydrogen-bond donors (Lipinski definition) is 1. The summed E-state index contributed by atoms with van der Waals surface area (Å²) in [5, 5.41) is 8.61. The van der Waals surface area contributed by atoms with Crippen LogP contribution < -0.4 is 10.7 Å². The molecule has 1 radical (unpaired) electrons. The van der Waals surface area contributed by atoms with Crippen LogP contribution in [0.2, 0.25) is 0 Å². The van der Waals surface area contributed by atoms with E-state index in [2.05, 4.69) is 105 Å². The number of aromatic carboxylic acids is 1. The van der Waals surface area contributed by atoms with E-state index in [4.69, 9.17) is 5.11 Å². The maximum absolute atomic E-state index is 10.5. The summed E-state index contributed by atoms with van der Waals surface area (Å²) >= 11 is -1.98. The fourth-order valence-corrected chi connectivity index (χ4v) is 10.7. The molecule has 3 heteroatoms. The molecule has 0 aliphatic rings. The molecule has 0 unspecified atom stereocenters. The van der Waals surface area contributed by atoms with Crippen LogP contribution in [0.5, 0.6) is 0 Å². The predicted octanol–water partition coefficient (Wildman–Crippen LogP) is 4.71. The second kappa shape index (κ2) is 11.5. The monoisotopic (exact) mass is 515 g/mol. The Morgan fingerprint density at radius 3 is 1.26 bits per heavy atom. The number of carbonyl (C=O) groups is 1. The number of carboxylic acids is 1. The molecule has 0 atom stereocenters. The van der Waals surface area contributed by atoms with E-state index < -0.39 is 25.7 Å². The molecule has 0 aliphatic carbocycles. The third-order valence-corrected chi connectivity index (χ3v) is 12.8. The second-order valence-electron chi connectivity index (χ2n) is 7.55. The van der Waals surface area contributed by atoms with E-state index in [9.17, 15) is 4.79 Å². The average molecular weight is 514 g/mol. The minimum atomic E-state index is -1.98. The molecule has 4 aromatic carbocycles. The van der Waals surface area contributed by atoms with Crippen molar-refractivity contribution in [1.29, 1.82) is 0 Å². The zero-order valence-corrected chi connectivity index (χ0v) is 20.8. The van der Waals surface area contributed by atoms with Crippen LogP contribution >= 0.6 is 0 Å². The van der Waals surface area contributed by atoms with Gasteiger partial charge in [-0.3, -0.25) is 0 Å². The van der Waals surface area contributed by atoms with Crippen molar-refractivity contribution in [2.45, 2.75) is 19.8 Å². The molecule has 0 aromatic heterocycles. The van der Waals surface area contributed by atoms with Crippen molar-refractivity contribution in [3.8, 4) is 0 Å². The normalized spacial score (nSPS) is 10.5. The van der Waals surface area contributed by atoms with E-state index in [1.165, 1.54) is 16.3 Å². The van der Waals surface area contributed by atoms with Crippen LogP contribution in [0, 0.1) is 0 Å². The van der Waals surface area contributed by atoms with Crippen molar-refractivity contribution in [2.24, 2.45) is 0 Å². The van der Waals surface area contributed by atoms with Crippen molar-refractivity contribution in [3.05, 3.63) is 126 Å². The minimum absolute atomic E-state index is 0.347. The molecule has 0 amide bonds. The first kappa shape index (κ1) is 22.8. The topological polar surface area (TPSA) is 37.3 Å². The number of rotatable bonds is 5. The molecule has 0 saturated heterocycles. The zero-order valence-electron chi connectivity index (χ0n) is 17.9. The van der Waals surface area contributed by atoms with E-state index in [0.29, 0.717) is 11.5 Å². The first-order valence-corrected chi connectivity index (χ1v) is 14.7. The van der Waals surface area contributed by atoms with Crippen molar-refractivity contribution < 1.29 is 9.90 Å². The fraction of sp³-hybridized carbons (Fsp3) is 0.107. The third kappa shape index (κ3) is 6.56. The van der Waals surface area contributed by atoms with Crippen molar-refractivity contribution in [2.75, 3.05) is 0 Å². The van der Waals surface area contributed by atoms with Crippen LogP contribution in [0.15, 0.2) is 115 Å². The number of carboxylic acid groups (broad SMARTS) is 1. The Kier molecular flexibility index (Phi) is 8.48. The average Bonchev–Trinajstić information content (AvgIpc) is 2.82. The maximum atomic E-state index is 10.5. The Hall–Kier alpha value is -2.85. The van der Waals surface area contributed by atoms with E-state index in [1.54, 1.807) is 12.1 Å². The van der Waals surface area contributed by atoms with Gasteiger partial charge < -0.3 is 5.11 Å². The van der Waals surface area contributed by atoms with Gasteiger partial charge >= 0.3 is 127 Å². The van der Waals surface area contributed by atoms with Crippen LogP contribution in [-0.4, -0.2) is 30.8 Å². The van der Waals surface area contributed by atoms with Crippen molar-refractivity contribution in [3.63, 3.8) is 0 Å². The fourth-order valence-electron chi connectivity index (χ4n) is 3.33. The quantitative estimate of drug-likeness (QED) is 0.392. The molecule has 0 bridgehead atoms. The van der Waals surface area contributed by atoms with E-state index in [1.807, 2.05) is 12.1 Å². The Labute approximate surface area is 192 Å². The van der Waals surface area contributed by atoms with Gasteiger partial charge in [-0.25, -0.2) is 4.79 Å². The SMILES string of the molecule is CC(C)c1ccc(C(=O)O)cc1.c1cc[c]([Sn]([c]2ccccc2)[c]2ccccc2)cc1. The molecule has 2 nitrogen and oxygen atoms in total. The molecule has 4 aromatic rings. The first-order chi connectivity index (χ1) is 15.1. The number of hydrogen-bond acceptors (Lipinski definition) is 1. The molecule has 0 heterocycles. The van der Waals surface area contributed by atoms with Gasteiger partial charge in [-0.05, 0) is 23.6 Å². The zero-order chi connectivity index (χ0) is 22.1. The molecule has 155 valence electrons. The second-order valence-corrected chi connectivity index (χ2v) is 14.6. The van der Waals surface area contributed by atoms with Crippen molar-refractivity contribution in [1.82, 2.24) is 0 Å². The van der Waals surface area contributed by atoms with Gasteiger partial charge in [0.1, 0.15) is 0 Å². The van der Waals surface area contributed by atoms with Crippen molar-refractivity contribution >= 4 is 36.5 Å². The molecule has 0 fully saturated rings. The van der Waals surface area contributed by atoms with Crippen LogP contribution in [0.4, 0.5) is 0 Å². The van der Waals surface area contributed by atoms with E-state index in [0.717, 1.165) is 0 Å². The summed E-state index contributed by atoms with van der Waals surface area (Å²) < 4.78 is 4.59. The first-order valence-electron chi connectivity index (χ1n) is 10.4. The molecular weight excluding hydrogens is 487 g/mol. The molecule has 0 aliphatic heterocycles. The van der Waals surface area contributed by atoms with E-state index >= 15 is 0 Å². The Bertz CT molecular complexity index is 966. The van der Waals surface area contributed by atoms with Gasteiger partial charge in [0.25, 0.3) is 0 Å². The summed E-state index contributed by atoms with van der Waals surface area (Å²) in [6.45, 7) is 4.16. The molecule has 31 heavy (non-hydrogen) atoms. The van der Waals surface area contributed by atoms with Gasteiger partial charge in [0.05, 0.1) is 5.56 Å². The molecule has 0 saturated carbocycles. The van der Waals surface area contributed by atoms with Gasteiger partial charge in [0.15, 0.2) is 0 Å². The molecule has 0 spiro atoms. The Morgan fingerprint density at radius 1 is 0.613 bits per heavy atom. The summed E-state index contributed by atoms with van der Waals surface area (Å²) in [7, 11) is 0. The third-order valence-electron chi connectivity index (χ3n) is 5.01. The molecule has 4 rings (SSSR count). The summed E-state index contributed by atoms with van der Waals surface area (Å²) in [6, 6.07) is 39.9. The van der Waals surface area contributed by atoms with Gasteiger partial charge in [-0.1, -0.05) is 26.0 Å². The Morgan fingerprint density at radius 2 is 0.968 bits per heavy atom. The summed E-state index contributed by atoms with van der Waals surface area (Å²) in [4.78, 5) is 10.5. The number of benzene rings is 4.